The largest absolute Gasteiger partial charge is 0.397 e. The third-order valence-corrected chi connectivity index (χ3v) is 2.36. The van der Waals surface area contributed by atoms with Crippen LogP contribution in [0.2, 0.25) is 5.02 Å². The summed E-state index contributed by atoms with van der Waals surface area (Å²) in [6.07, 6.45) is 0. The minimum atomic E-state index is -0.0863. The monoisotopic (exact) mass is 227 g/mol. The molecule has 1 amide bonds. The van der Waals surface area contributed by atoms with Gasteiger partial charge in [0.15, 0.2) is 0 Å². The van der Waals surface area contributed by atoms with Crippen molar-refractivity contribution < 1.29 is 4.79 Å². The number of nitrogen functional groups attached to an aromatic ring is 1. The van der Waals surface area contributed by atoms with Gasteiger partial charge in [-0.3, -0.25) is 4.79 Å². The van der Waals surface area contributed by atoms with E-state index in [1.165, 1.54) is 0 Å². The normalized spacial score (nSPS) is 9.80. The summed E-state index contributed by atoms with van der Waals surface area (Å²) in [5.41, 5.74) is 7.03. The Bertz CT molecular complexity index is 347. The number of anilines is 2. The molecule has 5 heteroatoms. The van der Waals surface area contributed by atoms with Crippen LogP contribution in [-0.4, -0.2) is 26.5 Å². The van der Waals surface area contributed by atoms with Gasteiger partial charge in [-0.1, -0.05) is 17.7 Å². The van der Waals surface area contributed by atoms with Gasteiger partial charge in [-0.05, 0) is 12.1 Å². The lowest BCUT2D eigenvalue weighted by molar-refractivity contribution is -0.119. The maximum absolute atomic E-state index is 11.2. The van der Waals surface area contributed by atoms with Gasteiger partial charge in [-0.25, -0.2) is 0 Å². The molecule has 0 atom stereocenters. The zero-order valence-corrected chi connectivity index (χ0v) is 9.51. The second kappa shape index (κ2) is 4.89. The van der Waals surface area contributed by atoms with Crippen LogP contribution in [0.4, 0.5) is 11.4 Å². The van der Waals surface area contributed by atoms with Crippen molar-refractivity contribution in [1.29, 1.82) is 0 Å². The van der Waals surface area contributed by atoms with Crippen molar-refractivity contribution in [1.82, 2.24) is 5.32 Å². The summed E-state index contributed by atoms with van der Waals surface area (Å²) < 4.78 is 0. The molecule has 1 aromatic rings. The fourth-order valence-electron chi connectivity index (χ4n) is 1.31. The van der Waals surface area contributed by atoms with Crippen LogP contribution in [0.1, 0.15) is 0 Å². The van der Waals surface area contributed by atoms with Crippen LogP contribution in [0.3, 0.4) is 0 Å². The highest BCUT2D eigenvalue weighted by Crippen LogP contribution is 2.30. The van der Waals surface area contributed by atoms with Gasteiger partial charge in [0.25, 0.3) is 0 Å². The van der Waals surface area contributed by atoms with E-state index in [0.29, 0.717) is 16.4 Å². The Kier molecular flexibility index (Phi) is 3.80. The summed E-state index contributed by atoms with van der Waals surface area (Å²) in [6, 6.07) is 5.27. The Hall–Kier alpha value is -1.42. The highest BCUT2D eigenvalue weighted by molar-refractivity contribution is 6.34. The number of benzene rings is 1. The number of nitrogens with zero attached hydrogens (tertiary/aromatic N) is 1. The molecule has 1 aromatic carbocycles. The van der Waals surface area contributed by atoms with E-state index in [1.54, 1.807) is 37.2 Å². The van der Waals surface area contributed by atoms with Crippen LogP contribution >= 0.6 is 11.6 Å². The van der Waals surface area contributed by atoms with Crippen LogP contribution in [-0.2, 0) is 4.79 Å². The Balaban J connectivity index is 2.90. The molecule has 1 rings (SSSR count). The number of rotatable bonds is 3. The maximum atomic E-state index is 11.2. The number of hydrogen-bond donors (Lipinski definition) is 2. The maximum Gasteiger partial charge on any atom is 0.239 e. The molecule has 0 aliphatic carbocycles. The standard InChI is InChI=1S/C10H14ClN3O/c1-13-9(15)6-14(2)10-7(11)4-3-5-8(10)12/h3-5H,6,12H2,1-2H3,(H,13,15). The highest BCUT2D eigenvalue weighted by atomic mass is 35.5. The molecule has 0 aliphatic rings. The van der Waals surface area contributed by atoms with E-state index in [4.69, 9.17) is 17.3 Å². The van der Waals surface area contributed by atoms with E-state index in [2.05, 4.69) is 5.32 Å². The molecule has 0 unspecified atom stereocenters. The van der Waals surface area contributed by atoms with Crippen LogP contribution in [0.15, 0.2) is 18.2 Å². The van der Waals surface area contributed by atoms with Crippen molar-refractivity contribution in [3.8, 4) is 0 Å². The van der Waals surface area contributed by atoms with Crippen LogP contribution in [0.25, 0.3) is 0 Å². The first-order valence-corrected chi connectivity index (χ1v) is 4.89. The van der Waals surface area contributed by atoms with Crippen molar-refractivity contribution in [3.63, 3.8) is 0 Å². The quantitative estimate of drug-likeness (QED) is 0.761. The van der Waals surface area contributed by atoms with Crippen LogP contribution in [0, 0.1) is 0 Å². The lowest BCUT2D eigenvalue weighted by atomic mass is 10.2. The minimum absolute atomic E-state index is 0.0863. The number of amides is 1. The average Bonchev–Trinajstić information content (AvgIpc) is 2.17. The second-order valence-corrected chi connectivity index (χ2v) is 3.61. The summed E-state index contributed by atoms with van der Waals surface area (Å²) in [5.74, 6) is -0.0863. The molecule has 0 aliphatic heterocycles. The molecular formula is C10H14ClN3O. The number of likely N-dealkylation sites (N-methyl/N-ethyl adjacent to an activating group) is 2. The van der Waals surface area contributed by atoms with Gasteiger partial charge in [0.2, 0.25) is 5.91 Å². The van der Waals surface area contributed by atoms with Gasteiger partial charge >= 0.3 is 0 Å². The third-order valence-electron chi connectivity index (χ3n) is 2.06. The molecule has 0 heterocycles. The molecule has 0 bridgehead atoms. The van der Waals surface area contributed by atoms with E-state index in [-0.39, 0.29) is 12.5 Å². The second-order valence-electron chi connectivity index (χ2n) is 3.21. The lowest BCUT2D eigenvalue weighted by Gasteiger charge is -2.21. The topological polar surface area (TPSA) is 58.4 Å². The Morgan fingerprint density at radius 2 is 2.27 bits per heavy atom. The molecule has 82 valence electrons. The summed E-state index contributed by atoms with van der Waals surface area (Å²) >= 11 is 6.00. The summed E-state index contributed by atoms with van der Waals surface area (Å²) in [7, 11) is 3.36. The average molecular weight is 228 g/mol. The number of hydrogen-bond acceptors (Lipinski definition) is 3. The zero-order chi connectivity index (χ0) is 11.4. The molecule has 0 radical (unpaired) electrons. The van der Waals surface area contributed by atoms with Gasteiger partial charge in [0.05, 0.1) is 22.9 Å². The predicted molar refractivity (Wildman–Crippen MR) is 63.2 cm³/mol. The van der Waals surface area contributed by atoms with Crippen molar-refractivity contribution >= 4 is 28.9 Å². The first kappa shape index (κ1) is 11.7. The van der Waals surface area contributed by atoms with Gasteiger partial charge in [0, 0.05) is 14.1 Å². The Labute approximate surface area is 94.0 Å². The third kappa shape index (κ3) is 2.76. The van der Waals surface area contributed by atoms with Crippen molar-refractivity contribution in [3.05, 3.63) is 23.2 Å². The first-order chi connectivity index (χ1) is 7.06. The van der Waals surface area contributed by atoms with E-state index >= 15 is 0 Å². The number of para-hydroxylation sites is 1. The van der Waals surface area contributed by atoms with Gasteiger partial charge in [-0.15, -0.1) is 0 Å². The predicted octanol–water partition coefficient (Wildman–Crippen LogP) is 1.10. The van der Waals surface area contributed by atoms with E-state index in [1.807, 2.05) is 0 Å². The number of nitrogens with one attached hydrogen (secondary N) is 1. The first-order valence-electron chi connectivity index (χ1n) is 4.52. The van der Waals surface area contributed by atoms with Gasteiger partial charge in [0.1, 0.15) is 0 Å². The smallest absolute Gasteiger partial charge is 0.239 e. The van der Waals surface area contributed by atoms with Gasteiger partial charge in [-0.2, -0.15) is 0 Å². The molecule has 15 heavy (non-hydrogen) atoms. The summed E-state index contributed by atoms with van der Waals surface area (Å²) in [4.78, 5) is 12.9. The SMILES string of the molecule is CNC(=O)CN(C)c1c(N)cccc1Cl. The summed E-state index contributed by atoms with van der Waals surface area (Å²) in [6.45, 7) is 0.227. The molecule has 0 saturated carbocycles. The van der Waals surface area contributed by atoms with Crippen molar-refractivity contribution in [2.75, 3.05) is 31.3 Å². The fraction of sp³-hybridized carbons (Fsp3) is 0.300. The number of halogens is 1. The summed E-state index contributed by atoms with van der Waals surface area (Å²) in [5, 5.41) is 3.08. The lowest BCUT2D eigenvalue weighted by Crippen LogP contribution is -2.33. The van der Waals surface area contributed by atoms with Crippen molar-refractivity contribution in [2.24, 2.45) is 0 Å². The fourth-order valence-corrected chi connectivity index (χ4v) is 1.63. The number of carbonyl (C=O) groups is 1. The zero-order valence-electron chi connectivity index (χ0n) is 8.75. The van der Waals surface area contributed by atoms with E-state index < -0.39 is 0 Å². The Morgan fingerprint density at radius 3 is 2.80 bits per heavy atom. The molecule has 4 nitrogen and oxygen atoms in total. The van der Waals surface area contributed by atoms with Crippen molar-refractivity contribution in [2.45, 2.75) is 0 Å². The van der Waals surface area contributed by atoms with Gasteiger partial charge < -0.3 is 16.0 Å². The highest BCUT2D eigenvalue weighted by Gasteiger charge is 2.11. The number of nitrogens with two attached hydrogens (primary N) is 1. The molecule has 0 fully saturated rings. The van der Waals surface area contributed by atoms with Crippen LogP contribution in [0.5, 0.6) is 0 Å². The molecule has 3 N–H and O–H groups in total. The van der Waals surface area contributed by atoms with E-state index in [0.717, 1.165) is 0 Å². The number of carbonyl (C=O) groups excluding carboxylic acids is 1. The molecule has 0 aromatic heterocycles. The molecule has 0 spiro atoms. The van der Waals surface area contributed by atoms with Crippen LogP contribution < -0.4 is 16.0 Å². The molecule has 0 saturated heterocycles. The van der Waals surface area contributed by atoms with E-state index in [9.17, 15) is 4.79 Å². The Morgan fingerprint density at radius 1 is 1.60 bits per heavy atom. The molecular weight excluding hydrogens is 214 g/mol. The minimum Gasteiger partial charge on any atom is -0.397 e.